The predicted octanol–water partition coefficient (Wildman–Crippen LogP) is 3.24. The van der Waals surface area contributed by atoms with Gasteiger partial charge < -0.3 is 5.32 Å². The van der Waals surface area contributed by atoms with E-state index in [1.807, 2.05) is 31.2 Å². The molecule has 1 aliphatic heterocycles. The lowest BCUT2D eigenvalue weighted by Gasteiger charge is -2.15. The largest absolute Gasteiger partial charge is 0.351 e. The molecule has 4 nitrogen and oxygen atoms in total. The molecule has 0 radical (unpaired) electrons. The highest BCUT2D eigenvalue weighted by Gasteiger charge is 2.30. The number of rotatable bonds is 7. The first-order chi connectivity index (χ1) is 10.1. The van der Waals surface area contributed by atoms with Crippen molar-refractivity contribution in [2.24, 2.45) is 0 Å². The summed E-state index contributed by atoms with van der Waals surface area (Å²) >= 11 is 0. The average molecular weight is 286 g/mol. The van der Waals surface area contributed by atoms with Crippen molar-refractivity contribution in [3.63, 3.8) is 0 Å². The molecule has 1 aromatic rings. The lowest BCUT2D eigenvalue weighted by Crippen LogP contribution is -2.33. The number of hydrogen-bond acceptors (Lipinski definition) is 3. The lowest BCUT2D eigenvalue weighted by atomic mass is 10.2. The minimum absolute atomic E-state index is 0.216. The van der Waals surface area contributed by atoms with Gasteiger partial charge in [-0.05, 0) is 31.0 Å². The molecule has 2 amide bonds. The molecule has 0 fully saturated rings. The quantitative estimate of drug-likeness (QED) is 0.618. The van der Waals surface area contributed by atoms with Crippen LogP contribution in [0, 0.1) is 6.92 Å². The summed E-state index contributed by atoms with van der Waals surface area (Å²) in [5.74, 6) is -0.440. The molecule has 0 spiro atoms. The number of anilines is 1. The summed E-state index contributed by atoms with van der Waals surface area (Å²) in [6, 6.07) is 7.74. The van der Waals surface area contributed by atoms with Crippen LogP contribution in [0.2, 0.25) is 0 Å². The van der Waals surface area contributed by atoms with Gasteiger partial charge in [-0.2, -0.15) is 0 Å². The Labute approximate surface area is 125 Å². The zero-order valence-electron chi connectivity index (χ0n) is 12.7. The summed E-state index contributed by atoms with van der Waals surface area (Å²) in [7, 11) is 0. The third-order valence-corrected chi connectivity index (χ3v) is 3.54. The third kappa shape index (κ3) is 3.94. The van der Waals surface area contributed by atoms with Crippen LogP contribution in [0.4, 0.5) is 5.69 Å². The smallest absolute Gasteiger partial charge is 0.277 e. The number of carbonyl (C=O) groups excluding carboxylic acids is 2. The van der Waals surface area contributed by atoms with Crippen molar-refractivity contribution in [2.45, 2.75) is 39.5 Å². The van der Waals surface area contributed by atoms with Gasteiger partial charge in [0, 0.05) is 18.3 Å². The Morgan fingerprint density at radius 2 is 1.95 bits per heavy atom. The molecule has 2 rings (SSSR count). The van der Waals surface area contributed by atoms with E-state index in [4.69, 9.17) is 0 Å². The fourth-order valence-electron chi connectivity index (χ4n) is 2.38. The van der Waals surface area contributed by atoms with Gasteiger partial charge in [-0.3, -0.25) is 14.5 Å². The minimum Gasteiger partial charge on any atom is -0.351 e. The minimum atomic E-state index is -0.224. The van der Waals surface area contributed by atoms with Crippen LogP contribution in [-0.4, -0.2) is 23.3 Å². The van der Waals surface area contributed by atoms with Gasteiger partial charge in [0.2, 0.25) is 0 Å². The van der Waals surface area contributed by atoms with Crippen molar-refractivity contribution in [3.8, 4) is 0 Å². The highest BCUT2D eigenvalue weighted by atomic mass is 16.2. The van der Waals surface area contributed by atoms with Crippen molar-refractivity contribution in [3.05, 3.63) is 41.6 Å². The molecule has 112 valence electrons. The molecule has 4 heteroatoms. The van der Waals surface area contributed by atoms with Gasteiger partial charge in [0.1, 0.15) is 5.70 Å². The van der Waals surface area contributed by atoms with Gasteiger partial charge in [-0.25, -0.2) is 0 Å². The molecule has 0 aliphatic carbocycles. The van der Waals surface area contributed by atoms with Gasteiger partial charge in [0.15, 0.2) is 0 Å². The number of benzene rings is 1. The van der Waals surface area contributed by atoms with E-state index in [1.165, 1.54) is 11.0 Å². The summed E-state index contributed by atoms with van der Waals surface area (Å²) in [5, 5.41) is 3.04. The number of nitrogens with one attached hydrogen (secondary N) is 1. The van der Waals surface area contributed by atoms with Crippen LogP contribution in [0.3, 0.4) is 0 Å². The van der Waals surface area contributed by atoms with E-state index in [1.54, 1.807) is 0 Å². The van der Waals surface area contributed by atoms with Crippen LogP contribution >= 0.6 is 0 Å². The maximum absolute atomic E-state index is 12.2. The van der Waals surface area contributed by atoms with Crippen LogP contribution in [0.5, 0.6) is 0 Å². The summed E-state index contributed by atoms with van der Waals surface area (Å²) in [6.45, 7) is 4.63. The maximum Gasteiger partial charge on any atom is 0.277 e. The first-order valence-corrected chi connectivity index (χ1v) is 7.53. The highest BCUT2D eigenvalue weighted by molar-refractivity contribution is 6.17. The van der Waals surface area contributed by atoms with Crippen molar-refractivity contribution in [1.29, 1.82) is 0 Å². The molecule has 0 unspecified atom stereocenters. The number of hydrogen-bond donors (Lipinski definition) is 1. The summed E-state index contributed by atoms with van der Waals surface area (Å²) in [4.78, 5) is 25.5. The van der Waals surface area contributed by atoms with Gasteiger partial charge in [-0.1, -0.05) is 38.3 Å². The topological polar surface area (TPSA) is 49.4 Å². The number of nitrogens with zero attached hydrogens (tertiary/aromatic N) is 1. The van der Waals surface area contributed by atoms with Crippen LogP contribution in [0.25, 0.3) is 0 Å². The standard InChI is InChI=1S/C17H22N2O2/c1-3-4-5-6-10-19-16(20)12-15(17(19)21)18-14-9-7-8-13(2)11-14/h7-9,11-12,18H,3-6,10H2,1-2H3. The average Bonchev–Trinajstić information content (AvgIpc) is 2.70. The van der Waals surface area contributed by atoms with Crippen molar-refractivity contribution < 1.29 is 9.59 Å². The van der Waals surface area contributed by atoms with Crippen molar-refractivity contribution >= 4 is 17.5 Å². The number of unbranched alkanes of at least 4 members (excludes halogenated alkanes) is 3. The molecule has 0 bridgehead atoms. The van der Waals surface area contributed by atoms with E-state index >= 15 is 0 Å². The second-order valence-corrected chi connectivity index (χ2v) is 5.41. The molecular weight excluding hydrogens is 264 g/mol. The molecule has 0 saturated carbocycles. The van der Waals surface area contributed by atoms with E-state index in [9.17, 15) is 9.59 Å². The Balaban J connectivity index is 1.95. The van der Waals surface area contributed by atoms with Crippen LogP contribution in [0.1, 0.15) is 38.2 Å². The fraction of sp³-hybridized carbons (Fsp3) is 0.412. The SMILES string of the molecule is CCCCCCN1C(=O)C=C(Nc2cccc(C)c2)C1=O. The first kappa shape index (κ1) is 15.3. The number of imide groups is 1. The molecule has 0 saturated heterocycles. The zero-order valence-corrected chi connectivity index (χ0v) is 12.7. The molecule has 0 atom stereocenters. The first-order valence-electron chi connectivity index (χ1n) is 7.53. The van der Waals surface area contributed by atoms with Gasteiger partial charge in [0.05, 0.1) is 0 Å². The van der Waals surface area contributed by atoms with Gasteiger partial charge in [-0.15, -0.1) is 0 Å². The third-order valence-electron chi connectivity index (χ3n) is 3.54. The van der Waals surface area contributed by atoms with Gasteiger partial charge in [0.25, 0.3) is 11.8 Å². The van der Waals surface area contributed by atoms with Crippen molar-refractivity contribution in [2.75, 3.05) is 11.9 Å². The van der Waals surface area contributed by atoms with E-state index in [2.05, 4.69) is 12.2 Å². The predicted molar refractivity (Wildman–Crippen MR) is 83.7 cm³/mol. The number of aryl methyl sites for hydroxylation is 1. The Bertz CT molecular complexity index is 564. The normalized spacial score (nSPS) is 14.6. The summed E-state index contributed by atoms with van der Waals surface area (Å²) < 4.78 is 0. The molecule has 0 aromatic heterocycles. The van der Waals surface area contributed by atoms with E-state index < -0.39 is 0 Å². The van der Waals surface area contributed by atoms with Gasteiger partial charge >= 0.3 is 0 Å². The highest BCUT2D eigenvalue weighted by Crippen LogP contribution is 2.18. The zero-order chi connectivity index (χ0) is 15.2. The summed E-state index contributed by atoms with van der Waals surface area (Å²) in [6.07, 6.45) is 5.59. The molecule has 1 heterocycles. The second-order valence-electron chi connectivity index (χ2n) is 5.41. The Morgan fingerprint density at radius 3 is 2.67 bits per heavy atom. The Morgan fingerprint density at radius 1 is 1.14 bits per heavy atom. The van der Waals surface area contributed by atoms with Crippen LogP contribution in [-0.2, 0) is 9.59 Å². The van der Waals surface area contributed by atoms with E-state index in [-0.39, 0.29) is 11.8 Å². The molecule has 21 heavy (non-hydrogen) atoms. The fourth-order valence-corrected chi connectivity index (χ4v) is 2.38. The Hall–Kier alpha value is -2.10. The maximum atomic E-state index is 12.2. The molecular formula is C17H22N2O2. The van der Waals surface area contributed by atoms with Crippen LogP contribution in [0.15, 0.2) is 36.0 Å². The van der Waals surface area contributed by atoms with Crippen LogP contribution < -0.4 is 5.32 Å². The molecule has 1 aromatic carbocycles. The number of carbonyl (C=O) groups is 2. The van der Waals surface area contributed by atoms with E-state index in [0.29, 0.717) is 12.2 Å². The Kier molecular flexibility index (Phi) is 5.14. The van der Waals surface area contributed by atoms with E-state index in [0.717, 1.165) is 36.9 Å². The van der Waals surface area contributed by atoms with Crippen molar-refractivity contribution in [1.82, 2.24) is 4.90 Å². The summed E-state index contributed by atoms with van der Waals surface area (Å²) in [5.41, 5.74) is 2.30. The molecule has 1 aliphatic rings. The lowest BCUT2D eigenvalue weighted by molar-refractivity contribution is -0.137. The number of amides is 2. The second kappa shape index (κ2) is 7.07. The monoisotopic (exact) mass is 286 g/mol. The molecule has 1 N–H and O–H groups in total.